The minimum Gasteiger partial charge on any atom is -0.853 e. The van der Waals surface area contributed by atoms with E-state index >= 15 is 0 Å². The largest absolute Gasteiger partial charge is 1.00 e. The Morgan fingerprint density at radius 2 is 1.55 bits per heavy atom. The van der Waals surface area contributed by atoms with Crippen molar-refractivity contribution in [3.05, 3.63) is 0 Å². The van der Waals surface area contributed by atoms with E-state index in [4.69, 9.17) is 9.47 Å². The van der Waals surface area contributed by atoms with Gasteiger partial charge in [-0.2, -0.15) is 0 Å². The van der Waals surface area contributed by atoms with E-state index in [0.717, 1.165) is 13.0 Å². The van der Waals surface area contributed by atoms with Crippen LogP contribution >= 0.6 is 0 Å². The van der Waals surface area contributed by atoms with Gasteiger partial charge < -0.3 is 14.6 Å². The molecule has 0 unspecified atom stereocenters. The first kappa shape index (κ1) is 15.0. The Labute approximate surface area is 111 Å². The molecule has 62 valence electrons. The molecule has 0 bridgehead atoms. The van der Waals surface area contributed by atoms with Crippen LogP contribution in [0.1, 0.15) is 13.3 Å². The van der Waals surface area contributed by atoms with Gasteiger partial charge in [0.15, 0.2) is 0 Å². The Morgan fingerprint density at radius 3 is 2.00 bits per heavy atom. The SMILES string of the molecule is CCCOCCOCC[O-].[K+]. The van der Waals surface area contributed by atoms with Crippen molar-refractivity contribution < 1.29 is 66.0 Å². The van der Waals surface area contributed by atoms with E-state index in [1.165, 1.54) is 0 Å². The van der Waals surface area contributed by atoms with Crippen LogP contribution in [0.2, 0.25) is 0 Å². The molecule has 0 saturated heterocycles. The molecule has 0 aromatic rings. The molecule has 0 saturated carbocycles. The Balaban J connectivity index is 0. The standard InChI is InChI=1S/C7H15O3.K/c1-2-4-9-6-7-10-5-3-8;/h2-7H2,1H3;/q-1;+1. The Morgan fingerprint density at radius 1 is 1.00 bits per heavy atom. The van der Waals surface area contributed by atoms with Crippen LogP contribution in [0, 0.1) is 0 Å². The van der Waals surface area contributed by atoms with Gasteiger partial charge in [0.05, 0.1) is 13.2 Å². The summed E-state index contributed by atoms with van der Waals surface area (Å²) in [4.78, 5) is 0. The Hall–Kier alpha value is 1.52. The monoisotopic (exact) mass is 186 g/mol. The molecule has 0 rings (SSSR count). The van der Waals surface area contributed by atoms with Crippen molar-refractivity contribution in [3.8, 4) is 0 Å². The Bertz CT molecular complexity index is 53.6. The molecule has 0 aliphatic carbocycles. The van der Waals surface area contributed by atoms with Crippen molar-refractivity contribution in [3.63, 3.8) is 0 Å². The van der Waals surface area contributed by atoms with Gasteiger partial charge in [-0.25, -0.2) is 0 Å². The van der Waals surface area contributed by atoms with Crippen LogP contribution in [0.5, 0.6) is 0 Å². The zero-order valence-corrected chi connectivity index (χ0v) is 10.6. The predicted octanol–water partition coefficient (Wildman–Crippen LogP) is -3.21. The zero-order chi connectivity index (χ0) is 7.66. The van der Waals surface area contributed by atoms with E-state index in [2.05, 4.69) is 6.92 Å². The second-order valence-electron chi connectivity index (χ2n) is 1.93. The molecule has 0 fully saturated rings. The molecule has 0 heterocycles. The van der Waals surface area contributed by atoms with Crippen molar-refractivity contribution in [1.29, 1.82) is 0 Å². The molecule has 0 aromatic heterocycles. The number of ether oxygens (including phenoxy) is 2. The molecule has 0 amide bonds. The molecule has 0 N–H and O–H groups in total. The third-order valence-corrected chi connectivity index (χ3v) is 0.948. The molecule has 0 radical (unpaired) electrons. The maximum absolute atomic E-state index is 9.85. The van der Waals surface area contributed by atoms with Crippen LogP contribution in [0.25, 0.3) is 0 Å². The van der Waals surface area contributed by atoms with Gasteiger partial charge in [0, 0.05) is 13.2 Å². The maximum Gasteiger partial charge on any atom is 1.00 e. The van der Waals surface area contributed by atoms with Gasteiger partial charge in [-0.1, -0.05) is 6.92 Å². The molecule has 0 spiro atoms. The molecule has 3 nitrogen and oxygen atoms in total. The van der Waals surface area contributed by atoms with E-state index in [-0.39, 0.29) is 58.0 Å². The summed E-state index contributed by atoms with van der Waals surface area (Å²) in [6.45, 7) is 4.12. The van der Waals surface area contributed by atoms with Gasteiger partial charge in [-0.15, -0.1) is 6.61 Å². The number of hydrogen-bond acceptors (Lipinski definition) is 3. The average molecular weight is 186 g/mol. The van der Waals surface area contributed by atoms with Crippen LogP contribution < -0.4 is 56.5 Å². The predicted molar refractivity (Wildman–Crippen MR) is 36.8 cm³/mol. The van der Waals surface area contributed by atoms with Gasteiger partial charge in [0.2, 0.25) is 0 Å². The van der Waals surface area contributed by atoms with E-state index in [1.54, 1.807) is 0 Å². The van der Waals surface area contributed by atoms with E-state index in [9.17, 15) is 5.11 Å². The molecule has 11 heavy (non-hydrogen) atoms. The first-order valence-electron chi connectivity index (χ1n) is 3.65. The third kappa shape index (κ3) is 14.4. The Kier molecular flexibility index (Phi) is 19.2. The quantitative estimate of drug-likeness (QED) is 0.310. The molecule has 0 aliphatic heterocycles. The maximum atomic E-state index is 9.85. The zero-order valence-electron chi connectivity index (χ0n) is 7.47. The van der Waals surface area contributed by atoms with E-state index in [1.807, 2.05) is 0 Å². The topological polar surface area (TPSA) is 41.5 Å². The summed E-state index contributed by atoms with van der Waals surface area (Å²) in [5.41, 5.74) is 0. The summed E-state index contributed by atoms with van der Waals surface area (Å²) in [5.74, 6) is 0. The minimum absolute atomic E-state index is 0. The number of rotatable bonds is 7. The molecular formula is C7H15KO3. The second kappa shape index (κ2) is 14.1. The minimum atomic E-state index is -0.159. The summed E-state index contributed by atoms with van der Waals surface area (Å²) < 4.78 is 9.99. The molecule has 0 atom stereocenters. The average Bonchev–Trinajstić information content (AvgIpc) is 1.97. The van der Waals surface area contributed by atoms with Gasteiger partial charge >= 0.3 is 51.4 Å². The summed E-state index contributed by atoms with van der Waals surface area (Å²) in [5, 5.41) is 9.85. The van der Waals surface area contributed by atoms with Crippen LogP contribution in [-0.2, 0) is 9.47 Å². The van der Waals surface area contributed by atoms with Crippen LogP contribution in [-0.4, -0.2) is 33.0 Å². The fourth-order valence-corrected chi connectivity index (χ4v) is 0.525. The molecule has 0 aromatic carbocycles. The number of hydrogen-bond donors (Lipinski definition) is 0. The molecule has 0 aliphatic rings. The van der Waals surface area contributed by atoms with E-state index in [0.29, 0.717) is 19.8 Å². The van der Waals surface area contributed by atoms with Crippen LogP contribution in [0.4, 0.5) is 0 Å². The molecule has 4 heteroatoms. The summed E-state index contributed by atoms with van der Waals surface area (Å²) in [7, 11) is 0. The van der Waals surface area contributed by atoms with Crippen molar-refractivity contribution in [2.24, 2.45) is 0 Å². The smallest absolute Gasteiger partial charge is 0.853 e. The van der Waals surface area contributed by atoms with Crippen molar-refractivity contribution in [2.75, 3.05) is 33.0 Å². The van der Waals surface area contributed by atoms with Crippen LogP contribution in [0.15, 0.2) is 0 Å². The van der Waals surface area contributed by atoms with Crippen molar-refractivity contribution in [1.82, 2.24) is 0 Å². The summed E-state index contributed by atoms with van der Waals surface area (Å²) in [6.07, 6.45) is 1.03. The van der Waals surface area contributed by atoms with Gasteiger partial charge in [-0.05, 0) is 6.42 Å². The van der Waals surface area contributed by atoms with E-state index < -0.39 is 0 Å². The van der Waals surface area contributed by atoms with Gasteiger partial charge in [0.1, 0.15) is 0 Å². The van der Waals surface area contributed by atoms with Crippen molar-refractivity contribution in [2.45, 2.75) is 13.3 Å². The van der Waals surface area contributed by atoms with Gasteiger partial charge in [-0.3, -0.25) is 0 Å². The third-order valence-electron chi connectivity index (χ3n) is 0.948. The normalized spacial score (nSPS) is 9.27. The summed E-state index contributed by atoms with van der Waals surface area (Å²) >= 11 is 0. The first-order chi connectivity index (χ1) is 4.91. The fourth-order valence-electron chi connectivity index (χ4n) is 0.525. The second-order valence-corrected chi connectivity index (χ2v) is 1.93. The fraction of sp³-hybridized carbons (Fsp3) is 1.00. The first-order valence-corrected chi connectivity index (χ1v) is 3.65. The molecular weight excluding hydrogens is 171 g/mol. The van der Waals surface area contributed by atoms with Gasteiger partial charge in [0.25, 0.3) is 0 Å². The van der Waals surface area contributed by atoms with Crippen LogP contribution in [0.3, 0.4) is 0 Å². The van der Waals surface area contributed by atoms with Crippen molar-refractivity contribution >= 4 is 0 Å². The summed E-state index contributed by atoms with van der Waals surface area (Å²) in [6, 6.07) is 0.